The average Bonchev–Trinajstić information content (AvgIpc) is 3.00. The Morgan fingerprint density at radius 3 is 2.48 bits per heavy atom. The van der Waals surface area contributed by atoms with E-state index >= 15 is 0 Å². The van der Waals surface area contributed by atoms with Gasteiger partial charge in [0.2, 0.25) is 0 Å². The number of halogens is 1. The number of hydrogen-bond donors (Lipinski definition) is 0. The number of imidazole rings is 1. The maximum atomic E-state index is 13.9. The lowest BCUT2D eigenvalue weighted by Crippen LogP contribution is -1.86. The van der Waals surface area contributed by atoms with E-state index in [-0.39, 0.29) is 5.69 Å². The Hall–Kier alpha value is -3.34. The maximum absolute atomic E-state index is 13.9. The van der Waals surface area contributed by atoms with Crippen LogP contribution in [-0.2, 0) is 0 Å². The molecule has 2 aromatic carbocycles. The van der Waals surface area contributed by atoms with Gasteiger partial charge in [-0.1, -0.05) is 29.8 Å². The van der Waals surface area contributed by atoms with Gasteiger partial charge in [0.25, 0.3) is 0 Å². The van der Waals surface area contributed by atoms with E-state index < -0.39 is 5.82 Å². The van der Waals surface area contributed by atoms with E-state index in [1.165, 1.54) is 6.07 Å². The van der Waals surface area contributed by atoms with Gasteiger partial charge < -0.3 is 0 Å². The van der Waals surface area contributed by atoms with Gasteiger partial charge >= 0.3 is 0 Å². The minimum Gasteiger partial charge on any atom is -0.283 e. The van der Waals surface area contributed by atoms with Crippen molar-refractivity contribution in [1.29, 1.82) is 0 Å². The van der Waals surface area contributed by atoms with Crippen LogP contribution in [0.4, 0.5) is 15.9 Å². The zero-order chi connectivity index (χ0) is 19.0. The molecular formula is C22H19FN4. The molecule has 0 fully saturated rings. The Morgan fingerprint density at radius 2 is 1.67 bits per heavy atom. The van der Waals surface area contributed by atoms with Gasteiger partial charge in [-0.2, -0.15) is 0 Å². The number of azo groups is 1. The number of aryl methyl sites for hydroxylation is 3. The van der Waals surface area contributed by atoms with Crippen molar-refractivity contribution >= 4 is 17.2 Å². The van der Waals surface area contributed by atoms with Crippen LogP contribution in [0.3, 0.4) is 0 Å². The molecule has 0 N–H and O–H groups in total. The highest BCUT2D eigenvalue weighted by Crippen LogP contribution is 2.35. The first-order valence-corrected chi connectivity index (χ1v) is 8.75. The number of aromatic nitrogens is 2. The minimum absolute atomic E-state index is 0.200. The van der Waals surface area contributed by atoms with Crippen molar-refractivity contribution in [2.75, 3.05) is 0 Å². The summed E-state index contributed by atoms with van der Waals surface area (Å²) >= 11 is 0. The molecule has 134 valence electrons. The number of nitrogens with zero attached hydrogens (tertiary/aromatic N) is 4. The maximum Gasteiger partial charge on any atom is 0.187 e. The first-order chi connectivity index (χ1) is 13.0. The predicted octanol–water partition coefficient (Wildman–Crippen LogP) is 6.48. The van der Waals surface area contributed by atoms with E-state index in [0.29, 0.717) is 5.82 Å². The summed E-state index contributed by atoms with van der Waals surface area (Å²) in [5.74, 6) is 0.182. The quantitative estimate of drug-likeness (QED) is 0.386. The number of rotatable bonds is 3. The Labute approximate surface area is 157 Å². The van der Waals surface area contributed by atoms with Crippen LogP contribution in [0.2, 0.25) is 0 Å². The van der Waals surface area contributed by atoms with Gasteiger partial charge in [0.05, 0.1) is 0 Å². The van der Waals surface area contributed by atoms with Crippen molar-refractivity contribution in [3.63, 3.8) is 0 Å². The fourth-order valence-electron chi connectivity index (χ4n) is 3.03. The lowest BCUT2D eigenvalue weighted by molar-refractivity contribution is 0.628. The van der Waals surface area contributed by atoms with E-state index in [4.69, 9.17) is 4.98 Å². The molecule has 0 aliphatic rings. The number of pyridine rings is 1. The van der Waals surface area contributed by atoms with Crippen LogP contribution in [0.1, 0.15) is 16.7 Å². The topological polar surface area (TPSA) is 42.0 Å². The zero-order valence-electron chi connectivity index (χ0n) is 15.4. The van der Waals surface area contributed by atoms with Crippen LogP contribution in [0.15, 0.2) is 71.0 Å². The van der Waals surface area contributed by atoms with Gasteiger partial charge in [0.15, 0.2) is 11.6 Å². The summed E-state index contributed by atoms with van der Waals surface area (Å²) in [6, 6.07) is 16.6. The van der Waals surface area contributed by atoms with Crippen LogP contribution in [0, 0.1) is 26.6 Å². The second kappa shape index (κ2) is 6.76. The smallest absolute Gasteiger partial charge is 0.187 e. The van der Waals surface area contributed by atoms with E-state index in [9.17, 15) is 4.39 Å². The Bertz CT molecular complexity index is 1170. The Balaban J connectivity index is 1.95. The molecule has 27 heavy (non-hydrogen) atoms. The first-order valence-electron chi connectivity index (χ1n) is 8.75. The predicted molar refractivity (Wildman–Crippen MR) is 105 cm³/mol. The molecule has 0 aliphatic heterocycles. The zero-order valence-corrected chi connectivity index (χ0v) is 15.4. The molecule has 2 aromatic heterocycles. The summed E-state index contributed by atoms with van der Waals surface area (Å²) in [4.78, 5) is 4.80. The van der Waals surface area contributed by atoms with Gasteiger partial charge in [-0.25, -0.2) is 9.37 Å². The third kappa shape index (κ3) is 3.24. The second-order valence-electron chi connectivity index (χ2n) is 6.69. The summed E-state index contributed by atoms with van der Waals surface area (Å²) in [6.45, 7) is 6.11. The van der Waals surface area contributed by atoms with Crippen molar-refractivity contribution < 1.29 is 4.39 Å². The lowest BCUT2D eigenvalue weighted by atomic mass is 10.0. The van der Waals surface area contributed by atoms with Crippen molar-refractivity contribution in [3.8, 4) is 11.3 Å². The molecule has 0 bridgehead atoms. The summed E-state index contributed by atoms with van der Waals surface area (Å²) in [5, 5.41) is 8.54. The summed E-state index contributed by atoms with van der Waals surface area (Å²) < 4.78 is 15.8. The molecule has 4 aromatic rings. The van der Waals surface area contributed by atoms with E-state index in [1.54, 1.807) is 18.2 Å². The Morgan fingerprint density at radius 1 is 0.889 bits per heavy atom. The highest BCUT2D eigenvalue weighted by Gasteiger charge is 2.16. The summed E-state index contributed by atoms with van der Waals surface area (Å²) in [7, 11) is 0. The van der Waals surface area contributed by atoms with Crippen LogP contribution in [-0.4, -0.2) is 9.38 Å². The molecule has 4 nitrogen and oxygen atoms in total. The van der Waals surface area contributed by atoms with Crippen LogP contribution < -0.4 is 0 Å². The molecule has 0 saturated heterocycles. The van der Waals surface area contributed by atoms with Gasteiger partial charge in [0, 0.05) is 11.8 Å². The molecule has 0 amide bonds. The van der Waals surface area contributed by atoms with Crippen LogP contribution in [0.25, 0.3) is 16.9 Å². The normalized spacial score (nSPS) is 11.6. The van der Waals surface area contributed by atoms with Gasteiger partial charge in [-0.05, 0) is 62.2 Å². The first kappa shape index (κ1) is 17.1. The molecule has 4 rings (SSSR count). The molecule has 0 aliphatic carbocycles. The van der Waals surface area contributed by atoms with Crippen molar-refractivity contribution in [2.45, 2.75) is 20.8 Å². The van der Waals surface area contributed by atoms with Crippen LogP contribution >= 0.6 is 0 Å². The highest BCUT2D eigenvalue weighted by molar-refractivity contribution is 5.77. The second-order valence-corrected chi connectivity index (χ2v) is 6.69. The lowest BCUT2D eigenvalue weighted by Gasteiger charge is -2.05. The van der Waals surface area contributed by atoms with Crippen molar-refractivity contribution in [2.24, 2.45) is 10.2 Å². The number of hydrogen-bond acceptors (Lipinski definition) is 3. The third-order valence-electron chi connectivity index (χ3n) is 4.51. The summed E-state index contributed by atoms with van der Waals surface area (Å²) in [6.07, 6.45) is 1.92. The van der Waals surface area contributed by atoms with Gasteiger partial charge in [-0.3, -0.25) is 4.40 Å². The molecule has 0 radical (unpaired) electrons. The molecular weight excluding hydrogens is 339 g/mol. The molecule has 0 spiro atoms. The SMILES string of the molecule is Cc1ccc(C)c(-c2nc3cc(C)ccn3c2N=Nc2ccccc2F)c1. The minimum atomic E-state index is -0.404. The van der Waals surface area contributed by atoms with Crippen molar-refractivity contribution in [1.82, 2.24) is 9.38 Å². The largest absolute Gasteiger partial charge is 0.283 e. The molecule has 0 atom stereocenters. The van der Waals surface area contributed by atoms with E-state index in [0.717, 1.165) is 33.6 Å². The highest BCUT2D eigenvalue weighted by atomic mass is 19.1. The summed E-state index contributed by atoms with van der Waals surface area (Å²) in [5.41, 5.74) is 6.07. The molecule has 2 heterocycles. The third-order valence-corrected chi connectivity index (χ3v) is 4.51. The molecule has 0 saturated carbocycles. The molecule has 5 heteroatoms. The Kier molecular flexibility index (Phi) is 4.28. The van der Waals surface area contributed by atoms with E-state index in [2.05, 4.69) is 28.4 Å². The van der Waals surface area contributed by atoms with Gasteiger partial charge in [0.1, 0.15) is 17.0 Å². The standard InChI is InChI=1S/C22H19FN4/c1-14-8-9-16(3)17(12-14)21-22(26-25-19-7-5-4-6-18(19)23)27-11-10-15(2)13-20(27)24-21/h4-13H,1-3H3. The van der Waals surface area contributed by atoms with Gasteiger partial charge in [-0.15, -0.1) is 10.2 Å². The van der Waals surface area contributed by atoms with Crippen molar-refractivity contribution in [3.05, 3.63) is 83.3 Å². The number of benzene rings is 2. The van der Waals surface area contributed by atoms with E-state index in [1.807, 2.05) is 43.5 Å². The monoisotopic (exact) mass is 358 g/mol. The average molecular weight is 358 g/mol. The number of fused-ring (bicyclic) bond motifs is 1. The van der Waals surface area contributed by atoms with Crippen LogP contribution in [0.5, 0.6) is 0 Å². The fourth-order valence-corrected chi connectivity index (χ4v) is 3.03. The molecule has 0 unspecified atom stereocenters. The fraction of sp³-hybridized carbons (Fsp3) is 0.136.